The number of ketones is 1. The number of nitrogens with zero attached hydrogens (tertiary/aromatic N) is 3. The number of hydrogen-bond donors (Lipinski definition) is 1. The normalized spacial score (nSPS) is 17.0. The van der Waals surface area contributed by atoms with Crippen LogP contribution in [0.1, 0.15) is 53.0 Å². The number of halogens is 4. The Morgan fingerprint density at radius 1 is 1.00 bits per heavy atom. The van der Waals surface area contributed by atoms with E-state index < -0.39 is 50.5 Å². The van der Waals surface area contributed by atoms with Gasteiger partial charge in [0.15, 0.2) is 22.2 Å². The molecule has 9 nitrogen and oxygen atoms in total. The summed E-state index contributed by atoms with van der Waals surface area (Å²) < 4.78 is 66.7. The summed E-state index contributed by atoms with van der Waals surface area (Å²) in [5.74, 6) is -1.25. The van der Waals surface area contributed by atoms with E-state index in [1.165, 1.54) is 12.1 Å². The van der Waals surface area contributed by atoms with Crippen molar-refractivity contribution in [2.75, 3.05) is 17.7 Å². The molecule has 14 heteroatoms. The highest BCUT2D eigenvalue weighted by atomic mass is 35.5. The van der Waals surface area contributed by atoms with Crippen LogP contribution in [0, 0.1) is 0 Å². The van der Waals surface area contributed by atoms with Gasteiger partial charge < -0.3 is 14.8 Å². The molecule has 0 amide bonds. The summed E-state index contributed by atoms with van der Waals surface area (Å²) >= 11 is 5.99. The predicted octanol–water partition coefficient (Wildman–Crippen LogP) is 4.49. The van der Waals surface area contributed by atoms with Gasteiger partial charge in [0.1, 0.15) is 22.6 Å². The maximum atomic E-state index is 12.8. The van der Waals surface area contributed by atoms with Crippen molar-refractivity contribution in [1.82, 2.24) is 15.0 Å². The SMILES string of the molecule is O=CC1(S(=O)(=O)CC(=O)c2ccc(Cc3nc(NC4(c5ccc(Cl)cc5)CC4)nc(OCC(F)(F)F)n3)cc2)CC1. The third-order valence-electron chi connectivity index (χ3n) is 7.06. The van der Waals surface area contributed by atoms with Crippen molar-refractivity contribution in [3.8, 4) is 6.01 Å². The average Bonchev–Trinajstić information content (AvgIpc) is 3.84. The number of alkyl halides is 3. The first-order valence-corrected chi connectivity index (χ1v) is 14.6. The van der Waals surface area contributed by atoms with Gasteiger partial charge in [-0.1, -0.05) is 48.0 Å². The van der Waals surface area contributed by atoms with Crippen LogP contribution < -0.4 is 10.1 Å². The number of ether oxygens (including phenoxy) is 1. The molecule has 2 aromatic carbocycles. The molecular weight excluding hydrogens is 585 g/mol. The topological polar surface area (TPSA) is 128 Å². The lowest BCUT2D eigenvalue weighted by Crippen LogP contribution is -2.31. The van der Waals surface area contributed by atoms with Crippen molar-refractivity contribution in [3.63, 3.8) is 0 Å². The second-order valence-corrected chi connectivity index (χ2v) is 13.0. The standard InChI is InChI=1S/C27H24ClF3N4O5S/c28-20-7-5-19(6-8-20)26(11-12-26)35-23-32-22(33-24(34-23)40-16-27(29,30)31)13-17-1-3-18(4-2-17)21(37)14-41(38,39)25(15-36)9-10-25/h1-8,15H,9-14,16H2,(H,32,33,34,35). The zero-order chi connectivity index (χ0) is 29.5. The molecule has 0 atom stereocenters. The van der Waals surface area contributed by atoms with Crippen LogP contribution in [0.2, 0.25) is 5.02 Å². The molecule has 2 aliphatic rings. The molecule has 0 spiro atoms. The average molecular weight is 609 g/mol. The van der Waals surface area contributed by atoms with Crippen LogP contribution in [0.3, 0.4) is 0 Å². The molecular formula is C27H24ClF3N4O5S. The van der Waals surface area contributed by atoms with Crippen LogP contribution in [-0.4, -0.2) is 58.7 Å². The Balaban J connectivity index is 1.34. The molecule has 216 valence electrons. The summed E-state index contributed by atoms with van der Waals surface area (Å²) in [4.78, 5) is 36.2. The van der Waals surface area contributed by atoms with Gasteiger partial charge in [-0.3, -0.25) is 4.79 Å². The minimum absolute atomic E-state index is 0.0424. The molecule has 0 radical (unpaired) electrons. The van der Waals surface area contributed by atoms with Gasteiger partial charge in [0.2, 0.25) is 5.95 Å². The highest BCUT2D eigenvalue weighted by Gasteiger charge is 2.55. The number of nitrogens with one attached hydrogen (secondary N) is 1. The van der Waals surface area contributed by atoms with Crippen LogP contribution in [0.15, 0.2) is 48.5 Å². The lowest BCUT2D eigenvalue weighted by Gasteiger charge is -2.19. The van der Waals surface area contributed by atoms with Gasteiger partial charge in [-0.15, -0.1) is 0 Å². The molecule has 2 saturated carbocycles. The quantitative estimate of drug-likeness (QED) is 0.234. The van der Waals surface area contributed by atoms with Crippen molar-refractivity contribution in [1.29, 1.82) is 0 Å². The fourth-order valence-corrected chi connectivity index (χ4v) is 6.15. The fourth-order valence-electron chi connectivity index (χ4n) is 4.35. The largest absolute Gasteiger partial charge is 0.454 e. The molecule has 1 N–H and O–H groups in total. The molecule has 5 rings (SSSR count). The van der Waals surface area contributed by atoms with Gasteiger partial charge in [0, 0.05) is 17.0 Å². The van der Waals surface area contributed by atoms with E-state index in [0.717, 1.165) is 18.4 Å². The fraction of sp³-hybridized carbons (Fsp3) is 0.370. The summed E-state index contributed by atoms with van der Waals surface area (Å²) in [6, 6.07) is 12.7. The molecule has 0 saturated heterocycles. The van der Waals surface area contributed by atoms with E-state index in [-0.39, 0.29) is 36.6 Å². The second-order valence-electron chi connectivity index (χ2n) is 10.2. The number of Topliss-reactive ketones (excluding diaryl/α,β-unsaturated/α-hetero) is 1. The molecule has 2 aliphatic carbocycles. The molecule has 1 heterocycles. The van der Waals surface area contributed by atoms with E-state index in [0.29, 0.717) is 16.9 Å². The summed E-state index contributed by atoms with van der Waals surface area (Å²) in [7, 11) is -3.91. The van der Waals surface area contributed by atoms with Gasteiger partial charge in [-0.05, 0) is 48.9 Å². The van der Waals surface area contributed by atoms with Crippen LogP contribution in [0.25, 0.3) is 0 Å². The van der Waals surface area contributed by atoms with Crippen molar-refractivity contribution in [2.45, 2.75) is 48.6 Å². The number of rotatable bonds is 12. The summed E-state index contributed by atoms with van der Waals surface area (Å²) in [6.45, 7) is -1.58. The minimum atomic E-state index is -4.60. The maximum Gasteiger partial charge on any atom is 0.422 e. The number of sulfone groups is 1. The Morgan fingerprint density at radius 3 is 2.22 bits per heavy atom. The Bertz CT molecular complexity index is 1570. The number of carbonyl (C=O) groups excluding carboxylic acids is 2. The van der Waals surface area contributed by atoms with Gasteiger partial charge in [0.05, 0.1) is 5.54 Å². The molecule has 3 aromatic rings. The van der Waals surface area contributed by atoms with E-state index in [1.54, 1.807) is 24.3 Å². The molecule has 0 aliphatic heterocycles. The Morgan fingerprint density at radius 2 is 1.66 bits per heavy atom. The molecule has 0 bridgehead atoms. The highest BCUT2D eigenvalue weighted by Crippen LogP contribution is 2.48. The van der Waals surface area contributed by atoms with E-state index in [4.69, 9.17) is 16.3 Å². The van der Waals surface area contributed by atoms with Crippen molar-refractivity contribution < 1.29 is 35.9 Å². The van der Waals surface area contributed by atoms with E-state index in [1.807, 2.05) is 12.1 Å². The van der Waals surface area contributed by atoms with Crippen LogP contribution in [0.5, 0.6) is 6.01 Å². The Hall–Kier alpha value is -3.58. The third kappa shape index (κ3) is 6.67. The molecule has 0 unspecified atom stereocenters. The van der Waals surface area contributed by atoms with Gasteiger partial charge in [0.25, 0.3) is 0 Å². The number of aldehydes is 1. The highest BCUT2D eigenvalue weighted by molar-refractivity contribution is 7.94. The van der Waals surface area contributed by atoms with Gasteiger partial charge in [-0.2, -0.15) is 28.1 Å². The Kier molecular flexibility index (Phi) is 7.53. The first-order valence-electron chi connectivity index (χ1n) is 12.6. The molecule has 1 aromatic heterocycles. The summed E-state index contributed by atoms with van der Waals surface area (Å²) in [6.07, 6.45) is -2.23. The zero-order valence-corrected chi connectivity index (χ0v) is 23.0. The minimum Gasteiger partial charge on any atom is -0.454 e. The predicted molar refractivity (Wildman–Crippen MR) is 143 cm³/mol. The monoisotopic (exact) mass is 608 g/mol. The molecule has 2 fully saturated rings. The molecule has 41 heavy (non-hydrogen) atoms. The smallest absolute Gasteiger partial charge is 0.422 e. The summed E-state index contributed by atoms with van der Waals surface area (Å²) in [5, 5.41) is 3.77. The zero-order valence-electron chi connectivity index (χ0n) is 21.4. The number of hydrogen-bond acceptors (Lipinski definition) is 9. The van der Waals surface area contributed by atoms with Gasteiger partial charge in [-0.25, -0.2) is 8.42 Å². The number of anilines is 1. The lowest BCUT2D eigenvalue weighted by molar-refractivity contribution is -0.154. The second kappa shape index (κ2) is 10.7. The number of carbonyl (C=O) groups is 2. The maximum absolute atomic E-state index is 12.8. The van der Waals surface area contributed by atoms with Crippen LogP contribution in [0.4, 0.5) is 19.1 Å². The Labute approximate surface area is 238 Å². The third-order valence-corrected chi connectivity index (χ3v) is 9.70. The first-order chi connectivity index (χ1) is 19.3. The lowest BCUT2D eigenvalue weighted by atomic mass is 10.1. The van der Waals surface area contributed by atoms with Crippen molar-refractivity contribution >= 4 is 39.5 Å². The van der Waals surface area contributed by atoms with Crippen LogP contribution in [-0.2, 0) is 26.6 Å². The van der Waals surface area contributed by atoms with E-state index >= 15 is 0 Å². The first kappa shape index (κ1) is 28.9. The number of aromatic nitrogens is 3. The van der Waals surface area contributed by atoms with Crippen molar-refractivity contribution in [2.24, 2.45) is 0 Å². The summed E-state index contributed by atoms with van der Waals surface area (Å²) in [5.41, 5.74) is 1.17. The number of benzene rings is 2. The van der Waals surface area contributed by atoms with Crippen molar-refractivity contribution in [3.05, 3.63) is 76.1 Å². The van der Waals surface area contributed by atoms with Gasteiger partial charge >= 0.3 is 12.2 Å². The van der Waals surface area contributed by atoms with Crippen LogP contribution >= 0.6 is 11.6 Å². The van der Waals surface area contributed by atoms with E-state index in [2.05, 4.69) is 20.3 Å². The van der Waals surface area contributed by atoms with E-state index in [9.17, 15) is 31.2 Å².